The summed E-state index contributed by atoms with van der Waals surface area (Å²) in [5, 5.41) is 5.61. The maximum atomic E-state index is 5.97. The van der Waals surface area contributed by atoms with Crippen molar-refractivity contribution in [3.8, 4) is 5.75 Å². The lowest BCUT2D eigenvalue weighted by atomic mass is 9.86. The lowest BCUT2D eigenvalue weighted by Crippen LogP contribution is -2.24. The Kier molecular flexibility index (Phi) is 5.43. The molecule has 1 aromatic heterocycles. The van der Waals surface area contributed by atoms with Gasteiger partial charge in [-0.1, -0.05) is 45.0 Å². The molecule has 1 atom stereocenters. The average Bonchev–Trinajstić information content (AvgIpc) is 2.97. The highest BCUT2D eigenvalue weighted by molar-refractivity contribution is 7.10. The third kappa shape index (κ3) is 4.58. The topological polar surface area (TPSA) is 21.3 Å². The van der Waals surface area contributed by atoms with E-state index in [2.05, 4.69) is 68.7 Å². The van der Waals surface area contributed by atoms with Gasteiger partial charge in [-0.2, -0.15) is 0 Å². The van der Waals surface area contributed by atoms with Crippen LogP contribution in [0.15, 0.2) is 41.8 Å². The maximum absolute atomic E-state index is 5.97. The summed E-state index contributed by atoms with van der Waals surface area (Å²) in [7, 11) is 0. The van der Waals surface area contributed by atoms with Crippen molar-refractivity contribution < 1.29 is 4.74 Å². The third-order valence-corrected chi connectivity index (χ3v) is 4.53. The fraction of sp³-hybridized carbons (Fsp3) is 0.444. The summed E-state index contributed by atoms with van der Waals surface area (Å²) in [6.07, 6.45) is 0. The Labute approximate surface area is 132 Å². The summed E-state index contributed by atoms with van der Waals surface area (Å²) < 4.78 is 5.97. The summed E-state index contributed by atoms with van der Waals surface area (Å²) >= 11 is 1.79. The van der Waals surface area contributed by atoms with Crippen LogP contribution in [0.5, 0.6) is 5.75 Å². The molecule has 2 nitrogen and oxygen atoms in total. The quantitative estimate of drug-likeness (QED) is 0.776. The molecule has 0 amide bonds. The molecule has 0 bridgehead atoms. The smallest absolute Gasteiger partial charge is 0.123 e. The van der Waals surface area contributed by atoms with E-state index in [1.54, 1.807) is 11.3 Å². The first-order valence-electron chi connectivity index (χ1n) is 7.47. The molecule has 2 aromatic rings. The number of benzene rings is 1. The first-order chi connectivity index (χ1) is 9.98. The molecule has 114 valence electrons. The zero-order chi connectivity index (χ0) is 15.3. The van der Waals surface area contributed by atoms with Gasteiger partial charge in [-0.05, 0) is 35.4 Å². The Morgan fingerprint density at radius 2 is 1.90 bits per heavy atom. The van der Waals surface area contributed by atoms with Gasteiger partial charge < -0.3 is 10.1 Å². The molecule has 3 heteroatoms. The molecule has 0 aliphatic rings. The fourth-order valence-corrected chi connectivity index (χ4v) is 3.05. The van der Waals surface area contributed by atoms with Crippen LogP contribution in [0.25, 0.3) is 0 Å². The van der Waals surface area contributed by atoms with Crippen LogP contribution < -0.4 is 10.1 Å². The number of ether oxygens (including phenoxy) is 1. The minimum absolute atomic E-state index is 0.105. The number of rotatable bonds is 6. The molecular weight excluding hydrogens is 278 g/mol. The molecule has 0 radical (unpaired) electrons. The highest BCUT2D eigenvalue weighted by Crippen LogP contribution is 2.30. The lowest BCUT2D eigenvalue weighted by Gasteiger charge is -2.23. The molecule has 0 spiro atoms. The second kappa shape index (κ2) is 7.10. The van der Waals surface area contributed by atoms with E-state index in [0.717, 1.165) is 12.3 Å². The van der Waals surface area contributed by atoms with Crippen molar-refractivity contribution in [1.82, 2.24) is 5.32 Å². The summed E-state index contributed by atoms with van der Waals surface area (Å²) in [5.41, 5.74) is 1.37. The number of thiophene rings is 1. The van der Waals surface area contributed by atoms with Gasteiger partial charge in [0.1, 0.15) is 12.4 Å². The van der Waals surface area contributed by atoms with Crippen LogP contribution in [0.1, 0.15) is 44.2 Å². The van der Waals surface area contributed by atoms with Gasteiger partial charge in [-0.25, -0.2) is 0 Å². The molecule has 0 saturated heterocycles. The summed E-state index contributed by atoms with van der Waals surface area (Å²) in [5.74, 6) is 0.996. The van der Waals surface area contributed by atoms with E-state index in [1.807, 2.05) is 6.07 Å². The predicted octanol–water partition coefficient (Wildman–Crippen LogP) is 4.78. The van der Waals surface area contributed by atoms with Gasteiger partial charge in [0, 0.05) is 17.5 Å². The maximum Gasteiger partial charge on any atom is 0.123 e. The van der Waals surface area contributed by atoms with E-state index in [4.69, 9.17) is 4.74 Å². The molecule has 0 aliphatic heterocycles. The van der Waals surface area contributed by atoms with Crippen LogP contribution in [0.4, 0.5) is 0 Å². The van der Waals surface area contributed by atoms with Crippen LogP contribution in [0.3, 0.4) is 0 Å². The third-order valence-electron chi connectivity index (χ3n) is 3.48. The summed E-state index contributed by atoms with van der Waals surface area (Å²) in [6.45, 7) is 10.4. The van der Waals surface area contributed by atoms with Crippen molar-refractivity contribution in [3.05, 3.63) is 52.2 Å². The Morgan fingerprint density at radius 3 is 2.57 bits per heavy atom. The predicted molar refractivity (Wildman–Crippen MR) is 91.4 cm³/mol. The minimum Gasteiger partial charge on any atom is -0.492 e. The van der Waals surface area contributed by atoms with Gasteiger partial charge in [0.25, 0.3) is 0 Å². The van der Waals surface area contributed by atoms with E-state index >= 15 is 0 Å². The van der Waals surface area contributed by atoms with Gasteiger partial charge in [0.05, 0.1) is 0 Å². The van der Waals surface area contributed by atoms with Crippen LogP contribution >= 0.6 is 11.3 Å². The molecule has 1 unspecified atom stereocenters. The van der Waals surface area contributed by atoms with E-state index in [-0.39, 0.29) is 5.41 Å². The molecule has 0 saturated carbocycles. The number of hydrogen-bond acceptors (Lipinski definition) is 3. The Hall–Kier alpha value is -1.32. The molecule has 2 rings (SSSR count). The fourth-order valence-electron chi connectivity index (χ4n) is 2.29. The van der Waals surface area contributed by atoms with E-state index < -0.39 is 0 Å². The molecular formula is C18H25NOS. The van der Waals surface area contributed by atoms with Gasteiger partial charge in [0.2, 0.25) is 0 Å². The van der Waals surface area contributed by atoms with Crippen molar-refractivity contribution in [2.75, 3.05) is 13.2 Å². The van der Waals surface area contributed by atoms with Crippen molar-refractivity contribution in [2.24, 2.45) is 0 Å². The minimum atomic E-state index is 0.105. The highest BCUT2D eigenvalue weighted by Gasteiger charge is 2.18. The Bertz CT molecular complexity index is 543. The zero-order valence-electron chi connectivity index (χ0n) is 13.3. The monoisotopic (exact) mass is 303 g/mol. The largest absolute Gasteiger partial charge is 0.492 e. The summed E-state index contributed by atoms with van der Waals surface area (Å²) in [4.78, 5) is 1.37. The number of para-hydroxylation sites is 1. The molecule has 1 N–H and O–H groups in total. The van der Waals surface area contributed by atoms with E-state index in [9.17, 15) is 0 Å². The van der Waals surface area contributed by atoms with Gasteiger partial charge in [-0.15, -0.1) is 11.3 Å². The summed E-state index contributed by atoms with van der Waals surface area (Å²) in [6, 6.07) is 13.0. The lowest BCUT2D eigenvalue weighted by molar-refractivity contribution is 0.300. The van der Waals surface area contributed by atoms with Gasteiger partial charge >= 0.3 is 0 Å². The SMILES string of the molecule is CC(NCCOc1ccccc1C(C)(C)C)c1cccs1. The molecule has 1 heterocycles. The molecule has 0 aliphatic carbocycles. The normalized spacial score (nSPS) is 13.1. The zero-order valence-corrected chi connectivity index (χ0v) is 14.2. The van der Waals surface area contributed by atoms with Crippen molar-refractivity contribution in [3.63, 3.8) is 0 Å². The Balaban J connectivity index is 1.84. The van der Waals surface area contributed by atoms with Crippen LogP contribution in [0, 0.1) is 0 Å². The first kappa shape index (κ1) is 16.1. The number of hydrogen-bond donors (Lipinski definition) is 1. The van der Waals surface area contributed by atoms with Gasteiger partial charge in [0.15, 0.2) is 0 Å². The molecule has 1 aromatic carbocycles. The van der Waals surface area contributed by atoms with Crippen LogP contribution in [-0.2, 0) is 5.41 Å². The van der Waals surface area contributed by atoms with Gasteiger partial charge in [-0.3, -0.25) is 0 Å². The second-order valence-corrected chi connectivity index (χ2v) is 7.27. The van der Waals surface area contributed by atoms with Crippen LogP contribution in [0.2, 0.25) is 0 Å². The molecule has 21 heavy (non-hydrogen) atoms. The highest BCUT2D eigenvalue weighted by atomic mass is 32.1. The van der Waals surface area contributed by atoms with Crippen LogP contribution in [-0.4, -0.2) is 13.2 Å². The van der Waals surface area contributed by atoms with E-state index in [1.165, 1.54) is 10.4 Å². The number of nitrogens with one attached hydrogen (secondary N) is 1. The average molecular weight is 303 g/mol. The first-order valence-corrected chi connectivity index (χ1v) is 8.35. The standard InChI is InChI=1S/C18H25NOS/c1-14(17-10-7-13-21-17)19-11-12-20-16-9-6-5-8-15(16)18(2,3)4/h5-10,13-14,19H,11-12H2,1-4H3. The van der Waals surface area contributed by atoms with Crippen molar-refractivity contribution in [2.45, 2.75) is 39.2 Å². The second-order valence-electron chi connectivity index (χ2n) is 6.29. The van der Waals surface area contributed by atoms with Crippen molar-refractivity contribution >= 4 is 11.3 Å². The van der Waals surface area contributed by atoms with E-state index in [0.29, 0.717) is 12.6 Å². The molecule has 0 fully saturated rings. The Morgan fingerprint density at radius 1 is 1.14 bits per heavy atom. The van der Waals surface area contributed by atoms with Crippen molar-refractivity contribution in [1.29, 1.82) is 0 Å².